The summed E-state index contributed by atoms with van der Waals surface area (Å²) in [4.78, 5) is 10.7. The van der Waals surface area contributed by atoms with Gasteiger partial charge < -0.3 is 10.6 Å². The van der Waals surface area contributed by atoms with Gasteiger partial charge in [-0.2, -0.15) is 0 Å². The van der Waals surface area contributed by atoms with Crippen LogP contribution in [0.2, 0.25) is 0 Å². The standard InChI is InChI=1S/C16H21FN4/c1-10(2)16-19-14(18)9-15(20-16)21(4)11(3)12-7-5-6-8-13(12)17/h5-11H,1-4H3,(H2,18,19,20). The molecule has 0 saturated carbocycles. The van der Waals surface area contributed by atoms with Gasteiger partial charge in [0.15, 0.2) is 0 Å². The van der Waals surface area contributed by atoms with E-state index in [2.05, 4.69) is 9.97 Å². The fourth-order valence-electron chi connectivity index (χ4n) is 2.13. The van der Waals surface area contributed by atoms with Crippen LogP contribution in [0, 0.1) is 5.82 Å². The van der Waals surface area contributed by atoms with Crippen LogP contribution < -0.4 is 10.6 Å². The van der Waals surface area contributed by atoms with Crippen molar-refractivity contribution in [2.24, 2.45) is 0 Å². The lowest BCUT2D eigenvalue weighted by Crippen LogP contribution is -2.24. The van der Waals surface area contributed by atoms with Crippen LogP contribution in [0.25, 0.3) is 0 Å². The summed E-state index contributed by atoms with van der Waals surface area (Å²) in [6, 6.07) is 8.32. The zero-order valence-corrected chi connectivity index (χ0v) is 12.8. The van der Waals surface area contributed by atoms with Crippen LogP contribution in [-0.4, -0.2) is 17.0 Å². The molecule has 1 aromatic heterocycles. The lowest BCUT2D eigenvalue weighted by atomic mass is 10.1. The normalized spacial score (nSPS) is 12.5. The van der Waals surface area contributed by atoms with Crippen molar-refractivity contribution in [3.63, 3.8) is 0 Å². The number of halogens is 1. The molecule has 0 bridgehead atoms. The van der Waals surface area contributed by atoms with E-state index >= 15 is 0 Å². The van der Waals surface area contributed by atoms with E-state index in [0.717, 1.165) is 0 Å². The molecule has 1 unspecified atom stereocenters. The minimum absolute atomic E-state index is 0.152. The first-order chi connectivity index (χ1) is 9.90. The summed E-state index contributed by atoms with van der Waals surface area (Å²) in [5.74, 6) is 1.78. The van der Waals surface area contributed by atoms with Gasteiger partial charge in [-0.25, -0.2) is 14.4 Å². The molecule has 0 radical (unpaired) electrons. The second kappa shape index (κ2) is 6.08. The Hall–Kier alpha value is -2.17. The largest absolute Gasteiger partial charge is 0.384 e. The average Bonchev–Trinajstić information content (AvgIpc) is 2.45. The molecule has 1 aromatic carbocycles. The number of nitrogens with zero attached hydrogens (tertiary/aromatic N) is 3. The number of nitrogens with two attached hydrogens (primary N) is 1. The molecule has 2 rings (SSSR count). The lowest BCUT2D eigenvalue weighted by molar-refractivity contribution is 0.583. The highest BCUT2D eigenvalue weighted by Gasteiger charge is 2.18. The van der Waals surface area contributed by atoms with Gasteiger partial charge in [-0.1, -0.05) is 32.0 Å². The Balaban J connectivity index is 2.35. The van der Waals surface area contributed by atoms with Crippen molar-refractivity contribution in [1.82, 2.24) is 9.97 Å². The number of hydrogen-bond donors (Lipinski definition) is 1. The van der Waals surface area contributed by atoms with Crippen LogP contribution >= 0.6 is 0 Å². The van der Waals surface area contributed by atoms with Crippen molar-refractivity contribution in [2.45, 2.75) is 32.7 Å². The van der Waals surface area contributed by atoms with Crippen molar-refractivity contribution in [2.75, 3.05) is 17.7 Å². The maximum atomic E-state index is 13.9. The van der Waals surface area contributed by atoms with Gasteiger partial charge in [0.1, 0.15) is 23.3 Å². The summed E-state index contributed by atoms with van der Waals surface area (Å²) in [7, 11) is 1.88. The zero-order valence-electron chi connectivity index (χ0n) is 12.8. The number of rotatable bonds is 4. The average molecular weight is 288 g/mol. The van der Waals surface area contributed by atoms with E-state index in [1.54, 1.807) is 18.2 Å². The van der Waals surface area contributed by atoms with Crippen molar-refractivity contribution < 1.29 is 4.39 Å². The minimum atomic E-state index is -0.219. The van der Waals surface area contributed by atoms with Crippen LogP contribution in [0.5, 0.6) is 0 Å². The molecule has 1 atom stereocenters. The van der Waals surface area contributed by atoms with Crippen LogP contribution in [0.1, 0.15) is 44.1 Å². The Morgan fingerprint density at radius 3 is 2.43 bits per heavy atom. The molecule has 0 aliphatic carbocycles. The molecule has 1 heterocycles. The Labute approximate surface area is 124 Å². The van der Waals surface area contributed by atoms with E-state index in [1.165, 1.54) is 6.07 Å². The Bertz CT molecular complexity index is 627. The van der Waals surface area contributed by atoms with E-state index in [1.807, 2.05) is 38.8 Å². The number of aromatic nitrogens is 2. The molecule has 0 amide bonds. The second-order valence-electron chi connectivity index (χ2n) is 5.47. The quantitative estimate of drug-likeness (QED) is 0.935. The van der Waals surface area contributed by atoms with Gasteiger partial charge in [0.25, 0.3) is 0 Å². The monoisotopic (exact) mass is 288 g/mol. The third-order valence-corrected chi connectivity index (χ3v) is 3.56. The van der Waals surface area contributed by atoms with Crippen molar-refractivity contribution >= 4 is 11.6 Å². The van der Waals surface area contributed by atoms with E-state index in [4.69, 9.17) is 5.73 Å². The Morgan fingerprint density at radius 2 is 1.81 bits per heavy atom. The Kier molecular flexibility index (Phi) is 4.40. The predicted octanol–water partition coefficient (Wildman–Crippen LogP) is 3.52. The topological polar surface area (TPSA) is 55.0 Å². The Morgan fingerprint density at radius 1 is 1.14 bits per heavy atom. The van der Waals surface area contributed by atoms with Gasteiger partial charge in [0, 0.05) is 24.6 Å². The van der Waals surface area contributed by atoms with Crippen LogP contribution in [0.3, 0.4) is 0 Å². The molecule has 0 saturated heterocycles. The molecule has 4 nitrogen and oxygen atoms in total. The summed E-state index contributed by atoms with van der Waals surface area (Å²) in [5, 5.41) is 0. The molecule has 21 heavy (non-hydrogen) atoms. The predicted molar refractivity (Wildman–Crippen MR) is 83.8 cm³/mol. The molecular weight excluding hydrogens is 267 g/mol. The first-order valence-corrected chi connectivity index (χ1v) is 7.02. The summed E-state index contributed by atoms with van der Waals surface area (Å²) in [6.45, 7) is 5.96. The molecule has 0 fully saturated rings. The fraction of sp³-hybridized carbons (Fsp3) is 0.375. The highest BCUT2D eigenvalue weighted by Crippen LogP contribution is 2.27. The van der Waals surface area contributed by atoms with E-state index < -0.39 is 0 Å². The van der Waals surface area contributed by atoms with E-state index in [0.29, 0.717) is 23.0 Å². The maximum absolute atomic E-state index is 13.9. The summed E-state index contributed by atoms with van der Waals surface area (Å²) < 4.78 is 13.9. The van der Waals surface area contributed by atoms with Crippen molar-refractivity contribution in [3.8, 4) is 0 Å². The van der Waals surface area contributed by atoms with Crippen molar-refractivity contribution in [3.05, 3.63) is 47.5 Å². The third-order valence-electron chi connectivity index (χ3n) is 3.56. The highest BCUT2D eigenvalue weighted by molar-refractivity contribution is 5.48. The first-order valence-electron chi connectivity index (χ1n) is 7.02. The van der Waals surface area contributed by atoms with Gasteiger partial charge in [0.2, 0.25) is 0 Å². The zero-order chi connectivity index (χ0) is 15.6. The highest BCUT2D eigenvalue weighted by atomic mass is 19.1. The maximum Gasteiger partial charge on any atom is 0.135 e. The smallest absolute Gasteiger partial charge is 0.135 e. The third kappa shape index (κ3) is 3.29. The van der Waals surface area contributed by atoms with Crippen LogP contribution in [0.4, 0.5) is 16.0 Å². The van der Waals surface area contributed by atoms with Gasteiger partial charge in [0.05, 0.1) is 6.04 Å². The van der Waals surface area contributed by atoms with Crippen LogP contribution in [0.15, 0.2) is 30.3 Å². The first kappa shape index (κ1) is 15.2. The fourth-order valence-corrected chi connectivity index (χ4v) is 2.13. The molecule has 0 aliphatic heterocycles. The molecule has 2 aromatic rings. The van der Waals surface area contributed by atoms with Gasteiger partial charge >= 0.3 is 0 Å². The van der Waals surface area contributed by atoms with Gasteiger partial charge in [-0.15, -0.1) is 0 Å². The number of hydrogen-bond acceptors (Lipinski definition) is 4. The molecule has 5 heteroatoms. The second-order valence-corrected chi connectivity index (χ2v) is 5.47. The SMILES string of the molecule is CC(C)c1nc(N)cc(N(C)C(C)c2ccccc2F)n1. The molecule has 112 valence electrons. The number of anilines is 2. The van der Waals surface area contributed by atoms with Gasteiger partial charge in [-0.05, 0) is 13.0 Å². The van der Waals surface area contributed by atoms with E-state index in [-0.39, 0.29) is 17.8 Å². The number of benzene rings is 1. The molecule has 2 N–H and O–H groups in total. The van der Waals surface area contributed by atoms with Gasteiger partial charge in [-0.3, -0.25) is 0 Å². The summed E-state index contributed by atoms with van der Waals surface area (Å²) >= 11 is 0. The lowest BCUT2D eigenvalue weighted by Gasteiger charge is -2.27. The minimum Gasteiger partial charge on any atom is -0.384 e. The summed E-state index contributed by atoms with van der Waals surface area (Å²) in [5.41, 5.74) is 6.48. The van der Waals surface area contributed by atoms with Crippen LogP contribution in [-0.2, 0) is 0 Å². The molecule has 0 aliphatic rings. The number of nitrogen functional groups attached to an aromatic ring is 1. The van der Waals surface area contributed by atoms with E-state index in [9.17, 15) is 4.39 Å². The molecule has 0 spiro atoms. The molecular formula is C16H21FN4. The van der Waals surface area contributed by atoms with Crippen molar-refractivity contribution in [1.29, 1.82) is 0 Å². The summed E-state index contributed by atoms with van der Waals surface area (Å²) in [6.07, 6.45) is 0.